The molecule has 1 atom stereocenters. The Labute approximate surface area is 132 Å². The number of hydrogen-bond acceptors (Lipinski definition) is 5. The molecule has 1 unspecified atom stereocenters. The van der Waals surface area contributed by atoms with Gasteiger partial charge in [0, 0.05) is 0 Å². The molecule has 0 aromatic rings. The molecule has 0 aromatic carbocycles. The smallest absolute Gasteiger partial charge is 0.320 e. The van der Waals surface area contributed by atoms with Gasteiger partial charge in [-0.15, -0.1) is 0 Å². The van der Waals surface area contributed by atoms with Crippen molar-refractivity contribution in [2.24, 2.45) is 22.6 Å². The fourth-order valence-electron chi connectivity index (χ4n) is 2.71. The molecule has 1 aliphatic rings. The van der Waals surface area contributed by atoms with Crippen LogP contribution in [0.15, 0.2) is 0 Å². The minimum absolute atomic E-state index is 0.0793. The van der Waals surface area contributed by atoms with Crippen LogP contribution in [0, 0.1) is 5.41 Å². The van der Waals surface area contributed by atoms with Crippen LogP contribution in [0.4, 0.5) is 0 Å². The molecule has 0 amide bonds. The van der Waals surface area contributed by atoms with Crippen LogP contribution < -0.4 is 17.2 Å². The second-order valence-corrected chi connectivity index (χ2v) is 6.06. The zero-order valence-electron chi connectivity index (χ0n) is 13.3. The van der Waals surface area contributed by atoms with Crippen LogP contribution in [-0.4, -0.2) is 41.3 Å². The summed E-state index contributed by atoms with van der Waals surface area (Å²) in [6, 6.07) is -0.716. The molecule has 0 radical (unpaired) electrons. The van der Waals surface area contributed by atoms with Gasteiger partial charge in [0.05, 0.1) is 6.42 Å². The Morgan fingerprint density at radius 1 is 1.05 bits per heavy atom. The van der Waals surface area contributed by atoms with Crippen molar-refractivity contribution in [2.75, 3.05) is 13.1 Å². The highest BCUT2D eigenvalue weighted by Gasteiger charge is 2.32. The Morgan fingerprint density at radius 3 is 2.05 bits per heavy atom. The van der Waals surface area contributed by atoms with Crippen molar-refractivity contribution < 1.29 is 19.8 Å². The Balaban J connectivity index is 0.000000409. The molecule has 0 aliphatic heterocycles. The van der Waals surface area contributed by atoms with Crippen molar-refractivity contribution in [1.82, 2.24) is 0 Å². The van der Waals surface area contributed by atoms with Gasteiger partial charge in [-0.2, -0.15) is 0 Å². The zero-order valence-corrected chi connectivity index (χ0v) is 13.3. The van der Waals surface area contributed by atoms with E-state index in [1.54, 1.807) is 0 Å². The molecule has 0 heterocycles. The van der Waals surface area contributed by atoms with Gasteiger partial charge in [0.2, 0.25) is 0 Å². The van der Waals surface area contributed by atoms with Gasteiger partial charge in [-0.25, -0.2) is 0 Å². The number of aliphatic carboxylic acids is 2. The highest BCUT2D eigenvalue weighted by atomic mass is 16.4. The van der Waals surface area contributed by atoms with E-state index < -0.39 is 18.0 Å². The summed E-state index contributed by atoms with van der Waals surface area (Å²) in [5.41, 5.74) is 16.0. The van der Waals surface area contributed by atoms with Crippen molar-refractivity contribution in [3.05, 3.63) is 0 Å². The molecule has 22 heavy (non-hydrogen) atoms. The van der Waals surface area contributed by atoms with Gasteiger partial charge < -0.3 is 27.4 Å². The molecule has 0 bridgehead atoms. The standard InChI is InChI=1S/C9H17NO2.C6H14N2O2/c10-7-9(6-8(11)12)4-2-1-3-5-9;7-4-2-1-3-5(8)6(9)10/h1-7,10H2,(H,11,12);5H,1-4,7-8H2,(H,9,10). The summed E-state index contributed by atoms with van der Waals surface area (Å²) in [5.74, 6) is -1.64. The number of carboxylic acid groups (broad SMARTS) is 2. The number of carbonyl (C=O) groups is 2. The molecule has 8 N–H and O–H groups in total. The van der Waals surface area contributed by atoms with Crippen molar-refractivity contribution in [1.29, 1.82) is 0 Å². The van der Waals surface area contributed by atoms with E-state index in [2.05, 4.69) is 0 Å². The summed E-state index contributed by atoms with van der Waals surface area (Å²) >= 11 is 0. The van der Waals surface area contributed by atoms with E-state index in [-0.39, 0.29) is 11.8 Å². The second-order valence-electron chi connectivity index (χ2n) is 6.06. The van der Waals surface area contributed by atoms with Crippen molar-refractivity contribution in [2.45, 2.75) is 63.8 Å². The molecule has 1 aliphatic carbocycles. The van der Waals surface area contributed by atoms with Gasteiger partial charge in [0.25, 0.3) is 0 Å². The number of nitrogens with two attached hydrogens (primary N) is 3. The predicted molar refractivity (Wildman–Crippen MR) is 85.3 cm³/mol. The first kappa shape index (κ1) is 20.8. The fourth-order valence-corrected chi connectivity index (χ4v) is 2.71. The Hall–Kier alpha value is -1.18. The summed E-state index contributed by atoms with van der Waals surface area (Å²) in [6.07, 6.45) is 7.93. The molecular formula is C15H31N3O4. The van der Waals surface area contributed by atoms with Crippen molar-refractivity contribution in [3.63, 3.8) is 0 Å². The fraction of sp³-hybridized carbons (Fsp3) is 0.867. The maximum absolute atomic E-state index is 10.6. The summed E-state index contributed by atoms with van der Waals surface area (Å²) in [7, 11) is 0. The molecule has 0 aromatic heterocycles. The number of unbranched alkanes of at least 4 members (excludes halogenated alkanes) is 1. The minimum atomic E-state index is -0.933. The summed E-state index contributed by atoms with van der Waals surface area (Å²) in [5, 5.41) is 17.0. The normalized spacial score (nSPS) is 18.0. The van der Waals surface area contributed by atoms with Gasteiger partial charge in [0.15, 0.2) is 0 Å². The van der Waals surface area contributed by atoms with E-state index in [0.29, 0.717) is 19.5 Å². The molecule has 1 rings (SSSR count). The SMILES string of the molecule is NCC1(CC(=O)O)CCCCC1.NCCCCC(N)C(=O)O. The number of hydrogen-bond donors (Lipinski definition) is 5. The molecular weight excluding hydrogens is 286 g/mol. The lowest BCUT2D eigenvalue weighted by Crippen LogP contribution is -2.34. The van der Waals surface area contributed by atoms with Gasteiger partial charge in [0.1, 0.15) is 6.04 Å². The molecule has 7 nitrogen and oxygen atoms in total. The number of rotatable bonds is 8. The maximum atomic E-state index is 10.6. The van der Waals surface area contributed by atoms with E-state index in [0.717, 1.165) is 38.5 Å². The van der Waals surface area contributed by atoms with E-state index in [1.165, 1.54) is 6.42 Å². The second kappa shape index (κ2) is 11.4. The van der Waals surface area contributed by atoms with E-state index >= 15 is 0 Å². The van der Waals surface area contributed by atoms with Crippen LogP contribution in [0.5, 0.6) is 0 Å². The molecule has 1 saturated carbocycles. The van der Waals surface area contributed by atoms with Crippen LogP contribution in [0.25, 0.3) is 0 Å². The largest absolute Gasteiger partial charge is 0.481 e. The van der Waals surface area contributed by atoms with Crippen LogP contribution >= 0.6 is 0 Å². The quantitative estimate of drug-likeness (QED) is 0.417. The average molecular weight is 317 g/mol. The minimum Gasteiger partial charge on any atom is -0.481 e. The highest BCUT2D eigenvalue weighted by Crippen LogP contribution is 2.38. The summed E-state index contributed by atoms with van der Waals surface area (Å²) in [4.78, 5) is 20.7. The predicted octanol–water partition coefficient (Wildman–Crippen LogP) is 0.898. The highest BCUT2D eigenvalue weighted by molar-refractivity contribution is 5.72. The monoisotopic (exact) mass is 317 g/mol. The average Bonchev–Trinajstić information content (AvgIpc) is 2.48. The van der Waals surface area contributed by atoms with Gasteiger partial charge in [-0.3, -0.25) is 9.59 Å². The lowest BCUT2D eigenvalue weighted by Gasteiger charge is -2.34. The number of carboxylic acids is 2. The summed E-state index contributed by atoms with van der Waals surface area (Å²) in [6.45, 7) is 1.13. The molecule has 7 heteroatoms. The van der Waals surface area contributed by atoms with Gasteiger partial charge >= 0.3 is 11.9 Å². The molecule has 0 spiro atoms. The molecule has 1 fully saturated rings. The van der Waals surface area contributed by atoms with Crippen LogP contribution in [0.1, 0.15) is 57.8 Å². The van der Waals surface area contributed by atoms with Crippen molar-refractivity contribution >= 4 is 11.9 Å². The Morgan fingerprint density at radius 2 is 1.64 bits per heavy atom. The van der Waals surface area contributed by atoms with Crippen LogP contribution in [0.3, 0.4) is 0 Å². The lowest BCUT2D eigenvalue weighted by atomic mass is 9.72. The third-order valence-electron chi connectivity index (χ3n) is 4.16. The third kappa shape index (κ3) is 8.96. The van der Waals surface area contributed by atoms with Gasteiger partial charge in [-0.05, 0) is 44.2 Å². The maximum Gasteiger partial charge on any atom is 0.320 e. The van der Waals surface area contributed by atoms with Crippen LogP contribution in [-0.2, 0) is 9.59 Å². The Kier molecular flexibility index (Phi) is 10.8. The Bertz CT molecular complexity index is 331. The first-order valence-corrected chi connectivity index (χ1v) is 7.97. The van der Waals surface area contributed by atoms with E-state index in [4.69, 9.17) is 27.4 Å². The van der Waals surface area contributed by atoms with E-state index in [1.807, 2.05) is 0 Å². The first-order valence-electron chi connectivity index (χ1n) is 7.97. The third-order valence-corrected chi connectivity index (χ3v) is 4.16. The first-order chi connectivity index (χ1) is 10.4. The summed E-state index contributed by atoms with van der Waals surface area (Å²) < 4.78 is 0. The lowest BCUT2D eigenvalue weighted by molar-refractivity contribution is -0.140. The van der Waals surface area contributed by atoms with Crippen LogP contribution in [0.2, 0.25) is 0 Å². The molecule has 130 valence electrons. The van der Waals surface area contributed by atoms with Gasteiger partial charge in [-0.1, -0.05) is 25.7 Å². The zero-order chi connectivity index (χ0) is 17.0. The molecule has 0 saturated heterocycles. The topological polar surface area (TPSA) is 153 Å². The van der Waals surface area contributed by atoms with E-state index in [9.17, 15) is 9.59 Å². The van der Waals surface area contributed by atoms with Crippen molar-refractivity contribution in [3.8, 4) is 0 Å².